The monoisotopic (exact) mass is 354 g/mol. The van der Waals surface area contributed by atoms with Gasteiger partial charge in [0.15, 0.2) is 6.29 Å². The highest BCUT2D eigenvalue weighted by Crippen LogP contribution is 2.35. The van der Waals surface area contributed by atoms with Crippen LogP contribution < -0.4 is 4.74 Å². The lowest BCUT2D eigenvalue weighted by Crippen LogP contribution is -2.12. The van der Waals surface area contributed by atoms with E-state index in [-0.39, 0.29) is 11.3 Å². The van der Waals surface area contributed by atoms with Crippen molar-refractivity contribution in [1.82, 2.24) is 9.55 Å². The molecule has 0 radical (unpaired) electrons. The summed E-state index contributed by atoms with van der Waals surface area (Å²) in [5.41, 5.74) is 4.58. The molecule has 0 aliphatic heterocycles. The number of carbonyl (C=O) groups excluding carboxylic acids is 1. The molecular formula is C21H26N2O3. The first-order chi connectivity index (χ1) is 12.5. The molecule has 1 aliphatic carbocycles. The third-order valence-corrected chi connectivity index (χ3v) is 5.01. The van der Waals surface area contributed by atoms with E-state index < -0.39 is 0 Å². The number of imidazole rings is 1. The van der Waals surface area contributed by atoms with Crippen molar-refractivity contribution in [2.45, 2.75) is 52.5 Å². The molecule has 138 valence electrons. The molecule has 0 bridgehead atoms. The van der Waals surface area contributed by atoms with Crippen molar-refractivity contribution in [3.8, 4) is 11.5 Å². The van der Waals surface area contributed by atoms with Crippen molar-refractivity contribution in [2.24, 2.45) is 0 Å². The zero-order valence-corrected chi connectivity index (χ0v) is 15.7. The van der Waals surface area contributed by atoms with Gasteiger partial charge in [-0.3, -0.25) is 4.79 Å². The SMILES string of the molecule is Cc1ccc(OCC2=C(c3cncn3C(C)C)CCCC2)c(C=O)c1O. The predicted octanol–water partition coefficient (Wildman–Crippen LogP) is 4.70. The van der Waals surface area contributed by atoms with E-state index in [0.717, 1.165) is 31.4 Å². The van der Waals surface area contributed by atoms with Crippen LogP contribution in [0.1, 0.15) is 67.2 Å². The van der Waals surface area contributed by atoms with Gasteiger partial charge >= 0.3 is 0 Å². The van der Waals surface area contributed by atoms with Gasteiger partial charge < -0.3 is 14.4 Å². The zero-order valence-electron chi connectivity index (χ0n) is 15.7. The van der Waals surface area contributed by atoms with Crippen molar-refractivity contribution >= 4 is 11.9 Å². The summed E-state index contributed by atoms with van der Waals surface area (Å²) in [5, 5.41) is 10.1. The summed E-state index contributed by atoms with van der Waals surface area (Å²) >= 11 is 0. The van der Waals surface area contributed by atoms with Crippen molar-refractivity contribution in [1.29, 1.82) is 0 Å². The Morgan fingerprint density at radius 1 is 1.31 bits per heavy atom. The molecule has 0 saturated heterocycles. The largest absolute Gasteiger partial charge is 0.507 e. The Bertz CT molecular complexity index is 834. The number of phenols is 1. The Morgan fingerprint density at radius 2 is 2.08 bits per heavy atom. The number of benzene rings is 1. The van der Waals surface area contributed by atoms with Crippen LogP contribution in [0.15, 0.2) is 30.2 Å². The minimum atomic E-state index is -0.00627. The highest BCUT2D eigenvalue weighted by atomic mass is 16.5. The van der Waals surface area contributed by atoms with Gasteiger partial charge in [0.25, 0.3) is 0 Å². The van der Waals surface area contributed by atoms with Crippen LogP contribution in [-0.2, 0) is 0 Å². The van der Waals surface area contributed by atoms with Crippen LogP contribution in [0.25, 0.3) is 5.57 Å². The number of hydrogen-bond donors (Lipinski definition) is 1. The molecule has 0 fully saturated rings. The molecule has 1 aliphatic rings. The van der Waals surface area contributed by atoms with Gasteiger partial charge in [0.2, 0.25) is 0 Å². The molecule has 26 heavy (non-hydrogen) atoms. The summed E-state index contributed by atoms with van der Waals surface area (Å²) in [6.07, 6.45) is 8.74. The molecule has 1 aromatic heterocycles. The number of aryl methyl sites for hydroxylation is 1. The molecule has 5 nitrogen and oxygen atoms in total. The molecule has 1 aromatic carbocycles. The highest BCUT2D eigenvalue weighted by molar-refractivity contribution is 5.84. The highest BCUT2D eigenvalue weighted by Gasteiger charge is 2.20. The number of aromatic nitrogens is 2. The fourth-order valence-electron chi connectivity index (χ4n) is 3.49. The molecule has 1 heterocycles. The molecule has 5 heteroatoms. The summed E-state index contributed by atoms with van der Waals surface area (Å²) < 4.78 is 8.14. The van der Waals surface area contributed by atoms with Gasteiger partial charge in [-0.25, -0.2) is 4.98 Å². The van der Waals surface area contributed by atoms with Gasteiger partial charge in [-0.15, -0.1) is 0 Å². The number of aromatic hydroxyl groups is 1. The van der Waals surface area contributed by atoms with Crippen LogP contribution in [0.2, 0.25) is 0 Å². The maximum Gasteiger partial charge on any atom is 0.157 e. The van der Waals surface area contributed by atoms with Crippen LogP contribution in [0.5, 0.6) is 11.5 Å². The molecule has 0 unspecified atom stereocenters. The molecule has 1 N–H and O–H groups in total. The van der Waals surface area contributed by atoms with E-state index in [1.165, 1.54) is 11.1 Å². The molecule has 0 spiro atoms. The number of allylic oxidation sites excluding steroid dienone is 1. The standard InChI is InChI=1S/C21H26N2O3/c1-14(2)23-13-22-10-19(23)17-7-5-4-6-16(17)12-26-20-9-8-15(3)21(25)18(20)11-24/h8-11,13-14,25H,4-7,12H2,1-3H3. The number of ether oxygens (including phenoxy) is 1. The third-order valence-electron chi connectivity index (χ3n) is 5.01. The fraction of sp³-hybridized carbons (Fsp3) is 0.429. The fourth-order valence-corrected chi connectivity index (χ4v) is 3.49. The minimum absolute atomic E-state index is 0.00627. The first-order valence-electron chi connectivity index (χ1n) is 9.16. The van der Waals surface area contributed by atoms with Crippen LogP contribution in [0, 0.1) is 6.92 Å². The Balaban J connectivity index is 1.90. The predicted molar refractivity (Wildman–Crippen MR) is 102 cm³/mol. The van der Waals surface area contributed by atoms with Crippen LogP contribution in [-0.4, -0.2) is 27.6 Å². The zero-order chi connectivity index (χ0) is 18.7. The third kappa shape index (κ3) is 3.52. The molecule has 2 aromatic rings. The van der Waals surface area contributed by atoms with Gasteiger partial charge in [0.05, 0.1) is 23.8 Å². The summed E-state index contributed by atoms with van der Waals surface area (Å²) in [7, 11) is 0. The van der Waals surface area contributed by atoms with Gasteiger partial charge in [-0.05, 0) is 69.2 Å². The number of nitrogens with zero attached hydrogens (tertiary/aromatic N) is 2. The van der Waals surface area contributed by atoms with Gasteiger partial charge in [0, 0.05) is 6.04 Å². The Labute approximate surface area is 154 Å². The lowest BCUT2D eigenvalue weighted by Gasteiger charge is -2.23. The summed E-state index contributed by atoms with van der Waals surface area (Å²) in [4.78, 5) is 15.7. The van der Waals surface area contributed by atoms with E-state index >= 15 is 0 Å². The summed E-state index contributed by atoms with van der Waals surface area (Å²) in [6.45, 7) is 6.48. The molecular weight excluding hydrogens is 328 g/mol. The summed E-state index contributed by atoms with van der Waals surface area (Å²) in [6, 6.07) is 3.86. The Morgan fingerprint density at radius 3 is 2.81 bits per heavy atom. The van der Waals surface area contributed by atoms with E-state index in [1.807, 2.05) is 12.5 Å². The first-order valence-corrected chi connectivity index (χ1v) is 9.16. The van der Waals surface area contributed by atoms with Gasteiger partial charge in [-0.1, -0.05) is 6.07 Å². The smallest absolute Gasteiger partial charge is 0.157 e. The first kappa shape index (κ1) is 18.2. The van der Waals surface area contributed by atoms with E-state index in [9.17, 15) is 9.90 Å². The molecule has 0 saturated carbocycles. The number of hydrogen-bond acceptors (Lipinski definition) is 4. The number of carbonyl (C=O) groups is 1. The van der Waals surface area contributed by atoms with E-state index in [4.69, 9.17) is 4.74 Å². The van der Waals surface area contributed by atoms with E-state index in [0.29, 0.717) is 30.2 Å². The minimum Gasteiger partial charge on any atom is -0.507 e. The average molecular weight is 354 g/mol. The Kier molecular flexibility index (Phi) is 5.45. The van der Waals surface area contributed by atoms with Crippen molar-refractivity contribution in [3.63, 3.8) is 0 Å². The quantitative estimate of drug-likeness (QED) is 0.764. The van der Waals surface area contributed by atoms with Crippen LogP contribution in [0.3, 0.4) is 0 Å². The lowest BCUT2D eigenvalue weighted by molar-refractivity contribution is 0.111. The summed E-state index contributed by atoms with van der Waals surface area (Å²) in [5.74, 6) is 0.422. The van der Waals surface area contributed by atoms with E-state index in [2.05, 4.69) is 23.4 Å². The van der Waals surface area contributed by atoms with Crippen molar-refractivity contribution < 1.29 is 14.6 Å². The Hall–Kier alpha value is -2.56. The van der Waals surface area contributed by atoms with Gasteiger partial charge in [0.1, 0.15) is 18.1 Å². The van der Waals surface area contributed by atoms with E-state index in [1.54, 1.807) is 19.1 Å². The average Bonchev–Trinajstić information content (AvgIpc) is 3.13. The molecule has 0 amide bonds. The number of aldehydes is 1. The molecule has 3 rings (SSSR count). The normalized spacial score (nSPS) is 14.8. The van der Waals surface area contributed by atoms with Crippen molar-refractivity contribution in [2.75, 3.05) is 6.61 Å². The number of phenolic OH excluding ortho intramolecular Hbond substituents is 1. The van der Waals surface area contributed by atoms with Gasteiger partial charge in [-0.2, -0.15) is 0 Å². The van der Waals surface area contributed by atoms with Crippen LogP contribution in [0.4, 0.5) is 0 Å². The maximum atomic E-state index is 11.4. The maximum absolute atomic E-state index is 11.4. The van der Waals surface area contributed by atoms with Crippen molar-refractivity contribution in [3.05, 3.63) is 47.1 Å². The molecule has 0 atom stereocenters. The second-order valence-electron chi connectivity index (χ2n) is 7.12. The topological polar surface area (TPSA) is 64.4 Å². The van der Waals surface area contributed by atoms with Crippen LogP contribution >= 0.6 is 0 Å². The second-order valence-corrected chi connectivity index (χ2v) is 7.12. The lowest BCUT2D eigenvalue weighted by atomic mass is 9.90. The second kappa shape index (κ2) is 7.77. The number of rotatable bonds is 6.